The minimum absolute atomic E-state index is 0.0736. The zero-order valence-electron chi connectivity index (χ0n) is 8.79. The van der Waals surface area contributed by atoms with Crippen LogP contribution in [0.4, 0.5) is 17.3 Å². The maximum Gasteiger partial charge on any atom is 0.337 e. The third-order valence-corrected chi connectivity index (χ3v) is 2.10. The number of carboxylic acid groups (broad SMARTS) is 1. The Balaban J connectivity index is 2.24. The van der Waals surface area contributed by atoms with E-state index in [1.807, 2.05) is 0 Å². The second-order valence-electron chi connectivity index (χ2n) is 3.30. The van der Waals surface area contributed by atoms with Gasteiger partial charge in [0.2, 0.25) is 5.95 Å². The van der Waals surface area contributed by atoms with E-state index in [9.17, 15) is 4.79 Å². The van der Waals surface area contributed by atoms with Gasteiger partial charge >= 0.3 is 5.97 Å². The Bertz CT molecular complexity index is 542. The van der Waals surface area contributed by atoms with E-state index in [-0.39, 0.29) is 11.3 Å². The first-order valence-electron chi connectivity index (χ1n) is 4.83. The molecule has 0 amide bonds. The van der Waals surface area contributed by atoms with Crippen molar-refractivity contribution < 1.29 is 9.90 Å². The van der Waals surface area contributed by atoms with Crippen molar-refractivity contribution in [1.29, 1.82) is 0 Å². The summed E-state index contributed by atoms with van der Waals surface area (Å²) in [6.07, 6.45) is 3.20. The van der Waals surface area contributed by atoms with Gasteiger partial charge in [0.15, 0.2) is 0 Å². The molecule has 1 aromatic heterocycles. The number of nitrogens with two attached hydrogens (primary N) is 1. The van der Waals surface area contributed by atoms with Crippen molar-refractivity contribution in [2.45, 2.75) is 0 Å². The van der Waals surface area contributed by atoms with E-state index in [2.05, 4.69) is 15.3 Å². The molecule has 0 bridgehead atoms. The quantitative estimate of drug-likeness (QED) is 0.691. The predicted molar refractivity (Wildman–Crippen MR) is 63.1 cm³/mol. The number of aromatic nitrogens is 2. The maximum atomic E-state index is 10.8. The summed E-state index contributed by atoms with van der Waals surface area (Å²) >= 11 is 0. The highest BCUT2D eigenvalue weighted by Crippen LogP contribution is 2.19. The standard InChI is InChI=1S/C11H10N4O2/c12-9-6-7(2-3-8(9)10(16)17)15-11-13-4-1-5-14-11/h1-6H,12H2,(H,16,17)(H,13,14,15). The summed E-state index contributed by atoms with van der Waals surface area (Å²) in [5.41, 5.74) is 6.52. The second kappa shape index (κ2) is 4.48. The van der Waals surface area contributed by atoms with Gasteiger partial charge in [0.05, 0.1) is 5.56 Å². The van der Waals surface area contributed by atoms with E-state index in [1.54, 1.807) is 24.5 Å². The smallest absolute Gasteiger partial charge is 0.337 e. The molecule has 4 N–H and O–H groups in total. The van der Waals surface area contributed by atoms with E-state index >= 15 is 0 Å². The van der Waals surface area contributed by atoms with Gasteiger partial charge in [-0.2, -0.15) is 0 Å². The van der Waals surface area contributed by atoms with E-state index in [4.69, 9.17) is 10.8 Å². The lowest BCUT2D eigenvalue weighted by Crippen LogP contribution is -2.03. The molecule has 2 rings (SSSR count). The Hall–Kier alpha value is -2.63. The summed E-state index contributed by atoms with van der Waals surface area (Å²) in [4.78, 5) is 18.7. The molecule has 86 valence electrons. The zero-order chi connectivity index (χ0) is 12.3. The number of nitrogens with zero attached hydrogens (tertiary/aromatic N) is 2. The molecule has 1 aromatic carbocycles. The number of hydrogen-bond donors (Lipinski definition) is 3. The van der Waals surface area contributed by atoms with Crippen LogP contribution in [-0.4, -0.2) is 21.0 Å². The molecule has 1 heterocycles. The largest absolute Gasteiger partial charge is 0.478 e. The molecule has 0 spiro atoms. The highest BCUT2D eigenvalue weighted by Gasteiger charge is 2.08. The van der Waals surface area contributed by atoms with Gasteiger partial charge in [-0.1, -0.05) is 0 Å². The highest BCUT2D eigenvalue weighted by molar-refractivity contribution is 5.94. The second-order valence-corrected chi connectivity index (χ2v) is 3.30. The molecule has 0 saturated carbocycles. The van der Waals surface area contributed by atoms with Gasteiger partial charge in [-0.15, -0.1) is 0 Å². The fourth-order valence-corrected chi connectivity index (χ4v) is 1.33. The predicted octanol–water partition coefficient (Wildman–Crippen LogP) is 1.50. The van der Waals surface area contributed by atoms with Gasteiger partial charge in [-0.3, -0.25) is 0 Å². The first-order chi connectivity index (χ1) is 8.16. The molecule has 0 saturated heterocycles. The van der Waals surface area contributed by atoms with Crippen molar-refractivity contribution in [3.8, 4) is 0 Å². The number of hydrogen-bond acceptors (Lipinski definition) is 5. The summed E-state index contributed by atoms with van der Waals surface area (Å²) in [5, 5.41) is 11.7. The number of carboxylic acids is 1. The molecule has 0 radical (unpaired) electrons. The molecule has 0 aliphatic carbocycles. The summed E-state index contributed by atoms with van der Waals surface area (Å²) < 4.78 is 0. The molecular weight excluding hydrogens is 220 g/mol. The Morgan fingerprint density at radius 1 is 1.29 bits per heavy atom. The Kier molecular flexibility index (Phi) is 2.87. The molecule has 6 nitrogen and oxygen atoms in total. The third kappa shape index (κ3) is 2.49. The van der Waals surface area contributed by atoms with Crippen molar-refractivity contribution in [3.05, 3.63) is 42.2 Å². The number of carbonyl (C=O) groups is 1. The van der Waals surface area contributed by atoms with Crippen LogP contribution in [-0.2, 0) is 0 Å². The van der Waals surface area contributed by atoms with E-state index in [0.717, 1.165) is 0 Å². The lowest BCUT2D eigenvalue weighted by molar-refractivity contribution is 0.0698. The zero-order valence-corrected chi connectivity index (χ0v) is 8.79. The van der Waals surface area contributed by atoms with Gasteiger partial charge in [-0.05, 0) is 24.3 Å². The van der Waals surface area contributed by atoms with Crippen LogP contribution in [0.5, 0.6) is 0 Å². The van der Waals surface area contributed by atoms with Gasteiger partial charge in [0.25, 0.3) is 0 Å². The Morgan fingerprint density at radius 3 is 2.59 bits per heavy atom. The van der Waals surface area contributed by atoms with Crippen LogP contribution in [0.15, 0.2) is 36.7 Å². The lowest BCUT2D eigenvalue weighted by atomic mass is 10.1. The van der Waals surface area contributed by atoms with E-state index in [1.165, 1.54) is 12.1 Å². The monoisotopic (exact) mass is 230 g/mol. The van der Waals surface area contributed by atoms with Gasteiger partial charge in [-0.25, -0.2) is 14.8 Å². The summed E-state index contributed by atoms with van der Waals surface area (Å²) in [7, 11) is 0. The minimum atomic E-state index is -1.05. The Morgan fingerprint density at radius 2 is 2.00 bits per heavy atom. The number of anilines is 3. The lowest BCUT2D eigenvalue weighted by Gasteiger charge is -2.06. The summed E-state index contributed by atoms with van der Waals surface area (Å²) in [6.45, 7) is 0. The third-order valence-electron chi connectivity index (χ3n) is 2.10. The molecule has 0 aliphatic heterocycles. The molecule has 0 aliphatic rings. The van der Waals surface area contributed by atoms with Crippen LogP contribution in [0.25, 0.3) is 0 Å². The first kappa shape index (κ1) is 10.9. The average Bonchev–Trinajstić information content (AvgIpc) is 2.30. The average molecular weight is 230 g/mol. The topological polar surface area (TPSA) is 101 Å². The fourth-order valence-electron chi connectivity index (χ4n) is 1.33. The summed E-state index contributed by atoms with van der Waals surface area (Å²) in [6, 6.07) is 6.27. The fraction of sp³-hybridized carbons (Fsp3) is 0. The summed E-state index contributed by atoms with van der Waals surface area (Å²) in [5.74, 6) is -0.625. The van der Waals surface area contributed by atoms with Crippen molar-refractivity contribution in [2.75, 3.05) is 11.1 Å². The molecule has 0 unspecified atom stereocenters. The number of nitrogen functional groups attached to an aromatic ring is 1. The molecule has 17 heavy (non-hydrogen) atoms. The first-order valence-corrected chi connectivity index (χ1v) is 4.83. The number of benzene rings is 1. The minimum Gasteiger partial charge on any atom is -0.478 e. The molecule has 0 fully saturated rings. The van der Waals surface area contributed by atoms with Gasteiger partial charge < -0.3 is 16.2 Å². The normalized spacial score (nSPS) is 9.88. The number of nitrogens with one attached hydrogen (secondary N) is 1. The molecule has 0 atom stereocenters. The highest BCUT2D eigenvalue weighted by atomic mass is 16.4. The molecular formula is C11H10N4O2. The molecule has 2 aromatic rings. The van der Waals surface area contributed by atoms with E-state index < -0.39 is 5.97 Å². The maximum absolute atomic E-state index is 10.8. The van der Waals surface area contributed by atoms with Crippen molar-refractivity contribution >= 4 is 23.3 Å². The number of aromatic carboxylic acids is 1. The SMILES string of the molecule is Nc1cc(Nc2ncccn2)ccc1C(=O)O. The van der Waals surface area contributed by atoms with E-state index in [0.29, 0.717) is 11.6 Å². The van der Waals surface area contributed by atoms with Crippen LogP contribution in [0.3, 0.4) is 0 Å². The van der Waals surface area contributed by atoms with Crippen LogP contribution < -0.4 is 11.1 Å². The van der Waals surface area contributed by atoms with Crippen molar-refractivity contribution in [3.63, 3.8) is 0 Å². The Labute approximate surface area is 97.1 Å². The van der Waals surface area contributed by atoms with Crippen LogP contribution >= 0.6 is 0 Å². The van der Waals surface area contributed by atoms with Crippen molar-refractivity contribution in [2.24, 2.45) is 0 Å². The van der Waals surface area contributed by atoms with Crippen LogP contribution in [0, 0.1) is 0 Å². The van der Waals surface area contributed by atoms with Crippen LogP contribution in [0.2, 0.25) is 0 Å². The van der Waals surface area contributed by atoms with Gasteiger partial charge in [0, 0.05) is 23.8 Å². The van der Waals surface area contributed by atoms with Crippen LogP contribution in [0.1, 0.15) is 10.4 Å². The molecule has 6 heteroatoms. The number of rotatable bonds is 3. The van der Waals surface area contributed by atoms with Gasteiger partial charge in [0.1, 0.15) is 0 Å². The van der Waals surface area contributed by atoms with Crippen molar-refractivity contribution in [1.82, 2.24) is 9.97 Å².